The van der Waals surface area contributed by atoms with E-state index >= 15 is 0 Å². The zero-order chi connectivity index (χ0) is 14.0. The minimum atomic E-state index is -3.62. The van der Waals surface area contributed by atoms with Gasteiger partial charge in [-0.3, -0.25) is 4.72 Å². The smallest absolute Gasteiger partial charge is 0.262 e. The fraction of sp³-hybridized carbons (Fsp3) is 0.0769. The van der Waals surface area contributed by atoms with E-state index in [1.165, 1.54) is 6.07 Å². The van der Waals surface area contributed by atoms with Crippen LogP contribution in [0.4, 0.5) is 11.4 Å². The number of nitrogens with two attached hydrogens (primary N) is 1. The van der Waals surface area contributed by atoms with Crippen molar-refractivity contribution in [1.29, 1.82) is 0 Å². The van der Waals surface area contributed by atoms with Crippen LogP contribution >= 0.6 is 15.9 Å². The molecule has 3 N–H and O–H groups in total. The molecule has 0 fully saturated rings. The molecular weight excluding hydrogens is 328 g/mol. The molecule has 0 saturated heterocycles. The van der Waals surface area contributed by atoms with Crippen LogP contribution in [0.5, 0.6) is 0 Å². The third-order valence-corrected chi connectivity index (χ3v) is 4.77. The number of hydrogen-bond acceptors (Lipinski definition) is 3. The van der Waals surface area contributed by atoms with Crippen molar-refractivity contribution in [3.8, 4) is 0 Å². The summed E-state index contributed by atoms with van der Waals surface area (Å²) in [4.78, 5) is 0.190. The average Bonchev–Trinajstić information content (AvgIpc) is 2.35. The van der Waals surface area contributed by atoms with Crippen molar-refractivity contribution in [2.45, 2.75) is 11.8 Å². The highest BCUT2D eigenvalue weighted by atomic mass is 79.9. The quantitative estimate of drug-likeness (QED) is 0.843. The largest absolute Gasteiger partial charge is 0.398 e. The van der Waals surface area contributed by atoms with Gasteiger partial charge in [0, 0.05) is 15.8 Å². The molecule has 0 aliphatic rings. The van der Waals surface area contributed by atoms with E-state index < -0.39 is 10.0 Å². The highest BCUT2D eigenvalue weighted by molar-refractivity contribution is 9.10. The summed E-state index contributed by atoms with van der Waals surface area (Å²) in [7, 11) is -3.62. The van der Waals surface area contributed by atoms with Gasteiger partial charge in [-0.05, 0) is 48.9 Å². The van der Waals surface area contributed by atoms with Crippen molar-refractivity contribution in [1.82, 2.24) is 0 Å². The molecule has 2 aromatic rings. The van der Waals surface area contributed by atoms with Crippen LogP contribution in [0, 0.1) is 6.92 Å². The van der Waals surface area contributed by atoms with E-state index in [4.69, 9.17) is 5.73 Å². The Morgan fingerprint density at radius 2 is 1.74 bits per heavy atom. The molecule has 0 atom stereocenters. The van der Waals surface area contributed by atoms with Gasteiger partial charge in [0.05, 0.1) is 4.90 Å². The summed E-state index contributed by atoms with van der Waals surface area (Å²) in [5, 5.41) is 0. The van der Waals surface area contributed by atoms with Gasteiger partial charge in [0.1, 0.15) is 0 Å². The Labute approximate surface area is 120 Å². The number of rotatable bonds is 3. The molecule has 0 amide bonds. The first-order chi connectivity index (χ1) is 8.90. The van der Waals surface area contributed by atoms with Gasteiger partial charge in [-0.25, -0.2) is 8.42 Å². The summed E-state index contributed by atoms with van der Waals surface area (Å²) in [5.41, 5.74) is 7.24. The number of nitrogen functional groups attached to an aromatic ring is 1. The highest BCUT2D eigenvalue weighted by Crippen LogP contribution is 2.23. The van der Waals surface area contributed by atoms with E-state index in [0.29, 0.717) is 16.9 Å². The normalized spacial score (nSPS) is 11.3. The number of nitrogens with one attached hydrogen (secondary N) is 1. The van der Waals surface area contributed by atoms with E-state index in [9.17, 15) is 8.42 Å². The van der Waals surface area contributed by atoms with Gasteiger partial charge in [-0.2, -0.15) is 0 Å². The van der Waals surface area contributed by atoms with Crippen LogP contribution in [0.1, 0.15) is 5.56 Å². The van der Waals surface area contributed by atoms with E-state index in [-0.39, 0.29) is 4.90 Å². The second kappa shape index (κ2) is 5.22. The number of hydrogen-bond donors (Lipinski definition) is 2. The van der Waals surface area contributed by atoms with Crippen LogP contribution in [0.3, 0.4) is 0 Å². The van der Waals surface area contributed by atoms with Crippen LogP contribution < -0.4 is 10.5 Å². The predicted octanol–water partition coefficient (Wildman–Crippen LogP) is 3.14. The fourth-order valence-corrected chi connectivity index (χ4v) is 3.25. The molecule has 0 aliphatic heterocycles. The molecule has 0 saturated carbocycles. The minimum absolute atomic E-state index is 0.190. The number of sulfonamides is 1. The first kappa shape index (κ1) is 13.9. The lowest BCUT2D eigenvalue weighted by Gasteiger charge is -2.11. The van der Waals surface area contributed by atoms with E-state index in [1.54, 1.807) is 43.3 Å². The SMILES string of the molecule is Cc1c(N)cccc1S(=O)(=O)Nc1ccc(Br)cc1. The molecule has 0 aromatic heterocycles. The van der Waals surface area contributed by atoms with Crippen molar-refractivity contribution in [3.63, 3.8) is 0 Å². The maximum absolute atomic E-state index is 12.3. The molecular formula is C13H13BrN2O2S. The van der Waals surface area contributed by atoms with E-state index in [0.717, 1.165) is 4.47 Å². The highest BCUT2D eigenvalue weighted by Gasteiger charge is 2.17. The Morgan fingerprint density at radius 1 is 1.11 bits per heavy atom. The summed E-state index contributed by atoms with van der Waals surface area (Å²) in [5.74, 6) is 0. The van der Waals surface area contributed by atoms with E-state index in [1.807, 2.05) is 0 Å². The van der Waals surface area contributed by atoms with E-state index in [2.05, 4.69) is 20.7 Å². The molecule has 0 aliphatic carbocycles. The van der Waals surface area contributed by atoms with Crippen molar-refractivity contribution in [2.24, 2.45) is 0 Å². The molecule has 19 heavy (non-hydrogen) atoms. The molecule has 0 radical (unpaired) electrons. The summed E-state index contributed by atoms with van der Waals surface area (Å²) in [6.45, 7) is 1.69. The van der Waals surface area contributed by atoms with Crippen LogP contribution in [0.15, 0.2) is 51.8 Å². The first-order valence-electron chi connectivity index (χ1n) is 5.53. The Hall–Kier alpha value is -1.53. The number of anilines is 2. The van der Waals surface area contributed by atoms with Gasteiger partial charge >= 0.3 is 0 Å². The van der Waals surface area contributed by atoms with Gasteiger partial charge < -0.3 is 5.73 Å². The van der Waals surface area contributed by atoms with Gasteiger partial charge in [0.2, 0.25) is 0 Å². The molecule has 0 bridgehead atoms. The van der Waals surface area contributed by atoms with Crippen LogP contribution in [0.2, 0.25) is 0 Å². The molecule has 0 spiro atoms. The summed E-state index contributed by atoms with van der Waals surface area (Å²) < 4.78 is 28.0. The fourth-order valence-electron chi connectivity index (χ4n) is 1.65. The second-order valence-electron chi connectivity index (χ2n) is 4.08. The third-order valence-electron chi connectivity index (χ3n) is 2.71. The molecule has 100 valence electrons. The number of benzene rings is 2. The zero-order valence-corrected chi connectivity index (χ0v) is 12.6. The lowest BCUT2D eigenvalue weighted by atomic mass is 10.2. The maximum atomic E-state index is 12.3. The second-order valence-corrected chi connectivity index (χ2v) is 6.65. The van der Waals surface area contributed by atoms with Gasteiger partial charge in [-0.1, -0.05) is 22.0 Å². The lowest BCUT2D eigenvalue weighted by Crippen LogP contribution is -2.14. The Balaban J connectivity index is 2.38. The first-order valence-corrected chi connectivity index (χ1v) is 7.81. The topological polar surface area (TPSA) is 72.2 Å². The minimum Gasteiger partial charge on any atom is -0.398 e. The van der Waals surface area contributed by atoms with Gasteiger partial charge in [0.15, 0.2) is 0 Å². The molecule has 0 heterocycles. The number of halogens is 1. The molecule has 4 nitrogen and oxygen atoms in total. The zero-order valence-electron chi connectivity index (χ0n) is 10.2. The van der Waals surface area contributed by atoms with Gasteiger partial charge in [-0.15, -0.1) is 0 Å². The predicted molar refractivity (Wildman–Crippen MR) is 80.5 cm³/mol. The summed E-state index contributed by atoms with van der Waals surface area (Å²) in [6.07, 6.45) is 0. The monoisotopic (exact) mass is 340 g/mol. The molecule has 6 heteroatoms. The van der Waals surface area contributed by atoms with Crippen molar-refractivity contribution in [3.05, 3.63) is 52.5 Å². The standard InChI is InChI=1S/C13H13BrN2O2S/c1-9-12(15)3-2-4-13(9)19(17,18)16-11-7-5-10(14)6-8-11/h2-8,16H,15H2,1H3. The van der Waals surface area contributed by atoms with Crippen molar-refractivity contribution >= 4 is 37.3 Å². The maximum Gasteiger partial charge on any atom is 0.262 e. The molecule has 2 aromatic carbocycles. The summed E-state index contributed by atoms with van der Waals surface area (Å²) in [6, 6.07) is 11.7. The lowest BCUT2D eigenvalue weighted by molar-refractivity contribution is 0.600. The Kier molecular flexibility index (Phi) is 3.82. The Bertz CT molecular complexity index is 697. The Morgan fingerprint density at radius 3 is 2.37 bits per heavy atom. The molecule has 0 unspecified atom stereocenters. The average molecular weight is 341 g/mol. The molecule has 2 rings (SSSR count). The van der Waals surface area contributed by atoms with Crippen LogP contribution in [-0.4, -0.2) is 8.42 Å². The van der Waals surface area contributed by atoms with Crippen molar-refractivity contribution < 1.29 is 8.42 Å². The summed E-state index contributed by atoms with van der Waals surface area (Å²) >= 11 is 3.30. The third kappa shape index (κ3) is 3.08. The van der Waals surface area contributed by atoms with Crippen molar-refractivity contribution in [2.75, 3.05) is 10.5 Å². The van der Waals surface area contributed by atoms with Crippen LogP contribution in [-0.2, 0) is 10.0 Å². The van der Waals surface area contributed by atoms with Gasteiger partial charge in [0.25, 0.3) is 10.0 Å². The van der Waals surface area contributed by atoms with Crippen LogP contribution in [0.25, 0.3) is 0 Å².